The second-order valence-corrected chi connectivity index (χ2v) is 10.2. The largest absolute Gasteiger partial charge is 0.376 e. The molecule has 8 heteroatoms. The number of anilines is 3. The van der Waals surface area contributed by atoms with Crippen molar-refractivity contribution in [2.75, 3.05) is 55.8 Å². The average Bonchev–Trinajstić information content (AvgIpc) is 3.36. The van der Waals surface area contributed by atoms with Crippen molar-refractivity contribution in [2.45, 2.75) is 26.3 Å². The first-order valence-corrected chi connectivity index (χ1v) is 13.4. The topological polar surface area (TPSA) is 86.0 Å². The Hall–Kier alpha value is -3.39. The van der Waals surface area contributed by atoms with Gasteiger partial charge in [0.05, 0.1) is 23.8 Å². The van der Waals surface area contributed by atoms with E-state index in [-0.39, 0.29) is 12.5 Å². The van der Waals surface area contributed by atoms with Gasteiger partial charge in [0.15, 0.2) is 0 Å². The second kappa shape index (κ2) is 12.9. The van der Waals surface area contributed by atoms with Crippen molar-refractivity contribution in [1.82, 2.24) is 4.90 Å². The third-order valence-electron chi connectivity index (χ3n) is 6.62. The Morgan fingerprint density at radius 3 is 2.71 bits per heavy atom. The summed E-state index contributed by atoms with van der Waals surface area (Å²) in [6.45, 7) is 5.43. The van der Waals surface area contributed by atoms with E-state index in [4.69, 9.17) is 22.3 Å². The van der Waals surface area contributed by atoms with Crippen LogP contribution in [0.3, 0.4) is 0 Å². The minimum atomic E-state index is -0.177. The number of carbonyl (C=O) groups is 1. The number of hydrogen-bond donors (Lipinski definition) is 3. The number of halogens is 1. The lowest BCUT2D eigenvalue weighted by Gasteiger charge is -2.22. The molecule has 1 amide bonds. The molecular formula is C30H37ClN6O. The first-order chi connectivity index (χ1) is 18.4. The zero-order valence-corrected chi connectivity index (χ0v) is 23.2. The lowest BCUT2D eigenvalue weighted by atomic mass is 10.0. The van der Waals surface area contributed by atoms with E-state index in [2.05, 4.69) is 59.7 Å². The summed E-state index contributed by atoms with van der Waals surface area (Å²) < 4.78 is 0. The summed E-state index contributed by atoms with van der Waals surface area (Å²) in [5, 5.41) is 6.60. The van der Waals surface area contributed by atoms with Gasteiger partial charge in [-0.3, -0.25) is 9.79 Å². The average molecular weight is 533 g/mol. The summed E-state index contributed by atoms with van der Waals surface area (Å²) in [6, 6.07) is 19.8. The molecule has 4 N–H and O–H groups in total. The zero-order chi connectivity index (χ0) is 27.1. The molecule has 0 unspecified atom stereocenters. The van der Waals surface area contributed by atoms with Crippen molar-refractivity contribution in [2.24, 2.45) is 10.7 Å². The first-order valence-electron chi connectivity index (χ1n) is 13.0. The van der Waals surface area contributed by atoms with Gasteiger partial charge in [-0.1, -0.05) is 41.9 Å². The summed E-state index contributed by atoms with van der Waals surface area (Å²) in [6.07, 6.45) is 2.12. The smallest absolute Gasteiger partial charge is 0.243 e. The van der Waals surface area contributed by atoms with Crippen LogP contribution < -0.4 is 21.3 Å². The Morgan fingerprint density at radius 2 is 1.95 bits per heavy atom. The molecule has 7 nitrogen and oxygen atoms in total. The predicted octanol–water partition coefficient (Wildman–Crippen LogP) is 5.39. The van der Waals surface area contributed by atoms with E-state index in [1.807, 2.05) is 42.5 Å². The molecule has 3 aromatic carbocycles. The highest BCUT2D eigenvalue weighted by molar-refractivity contribution is 6.36. The zero-order valence-electron chi connectivity index (χ0n) is 22.4. The van der Waals surface area contributed by atoms with E-state index in [0.717, 1.165) is 60.7 Å². The normalized spacial score (nSPS) is 14.4. The van der Waals surface area contributed by atoms with Crippen molar-refractivity contribution >= 4 is 40.4 Å². The van der Waals surface area contributed by atoms with Crippen molar-refractivity contribution in [3.05, 3.63) is 76.8 Å². The Bertz CT molecular complexity index is 1310. The fraction of sp³-hybridized carbons (Fsp3) is 0.333. The van der Waals surface area contributed by atoms with Crippen LogP contribution in [0.15, 0.2) is 65.7 Å². The lowest BCUT2D eigenvalue weighted by molar-refractivity contribution is -0.114. The van der Waals surface area contributed by atoms with Gasteiger partial charge in [-0.2, -0.15) is 0 Å². The van der Waals surface area contributed by atoms with Crippen LogP contribution in [0, 0.1) is 6.92 Å². The Balaban J connectivity index is 1.46. The number of aliphatic imine (C=N–C) groups is 1. The van der Waals surface area contributed by atoms with Crippen molar-refractivity contribution < 1.29 is 4.79 Å². The molecule has 0 aromatic heterocycles. The summed E-state index contributed by atoms with van der Waals surface area (Å²) in [5.41, 5.74) is 12.4. The number of nitrogens with zero attached hydrogens (tertiary/aromatic N) is 3. The first kappa shape index (κ1) is 27.6. The van der Waals surface area contributed by atoms with Crippen LogP contribution in [0.5, 0.6) is 0 Å². The molecule has 1 aliphatic heterocycles. The van der Waals surface area contributed by atoms with Gasteiger partial charge in [0, 0.05) is 43.0 Å². The van der Waals surface area contributed by atoms with Crippen LogP contribution in [0.1, 0.15) is 24.0 Å². The lowest BCUT2D eigenvalue weighted by Crippen LogP contribution is -2.26. The van der Waals surface area contributed by atoms with E-state index in [1.165, 1.54) is 11.3 Å². The molecule has 200 valence electrons. The quantitative estimate of drug-likeness (QED) is 0.326. The molecular weight excluding hydrogens is 496 g/mol. The molecule has 0 aliphatic carbocycles. The van der Waals surface area contributed by atoms with Crippen LogP contribution in [-0.4, -0.2) is 56.9 Å². The van der Waals surface area contributed by atoms with E-state index in [9.17, 15) is 4.79 Å². The van der Waals surface area contributed by atoms with Gasteiger partial charge in [0.25, 0.3) is 0 Å². The van der Waals surface area contributed by atoms with Gasteiger partial charge in [-0.05, 0) is 74.5 Å². The highest BCUT2D eigenvalue weighted by Gasteiger charge is 2.22. The molecule has 4 rings (SSSR count). The van der Waals surface area contributed by atoms with Gasteiger partial charge in [0.1, 0.15) is 5.84 Å². The number of carbonyl (C=O) groups excluding carboxylic acids is 1. The molecule has 0 bridgehead atoms. The van der Waals surface area contributed by atoms with E-state index < -0.39 is 0 Å². The van der Waals surface area contributed by atoms with Crippen LogP contribution in [0.4, 0.5) is 17.1 Å². The maximum atomic E-state index is 12.7. The maximum Gasteiger partial charge on any atom is 0.243 e. The molecule has 0 radical (unpaired) electrons. The van der Waals surface area contributed by atoms with Crippen molar-refractivity contribution in [1.29, 1.82) is 0 Å². The maximum absolute atomic E-state index is 12.7. The van der Waals surface area contributed by atoms with Crippen LogP contribution in [-0.2, 0) is 11.3 Å². The number of aryl methyl sites for hydroxylation is 1. The number of hydrogen-bond acceptors (Lipinski definition) is 5. The molecule has 3 aromatic rings. The summed E-state index contributed by atoms with van der Waals surface area (Å²) in [7, 11) is 4.14. The number of amidine groups is 1. The van der Waals surface area contributed by atoms with Crippen LogP contribution in [0.25, 0.3) is 11.1 Å². The van der Waals surface area contributed by atoms with Crippen LogP contribution >= 0.6 is 11.6 Å². The number of nitrogens with two attached hydrogens (primary N) is 1. The number of amides is 1. The van der Waals surface area contributed by atoms with E-state index in [1.54, 1.807) is 0 Å². The minimum Gasteiger partial charge on any atom is -0.376 e. The SMILES string of the molecule is Cc1cc(-c2cccc(NC(=O)CNc3cccc(CN)c3)c2Cl)ccc1N1CCCC1=NCCN(C)C. The Labute approximate surface area is 230 Å². The minimum absolute atomic E-state index is 0.122. The summed E-state index contributed by atoms with van der Waals surface area (Å²) in [5.74, 6) is 0.984. The molecule has 1 saturated heterocycles. The van der Waals surface area contributed by atoms with E-state index >= 15 is 0 Å². The molecule has 38 heavy (non-hydrogen) atoms. The van der Waals surface area contributed by atoms with Crippen molar-refractivity contribution in [3.63, 3.8) is 0 Å². The fourth-order valence-corrected chi connectivity index (χ4v) is 4.91. The highest BCUT2D eigenvalue weighted by Crippen LogP contribution is 2.36. The molecule has 1 fully saturated rings. The fourth-order valence-electron chi connectivity index (χ4n) is 4.62. The monoisotopic (exact) mass is 532 g/mol. The third-order valence-corrected chi connectivity index (χ3v) is 7.03. The molecule has 1 aliphatic rings. The molecule has 0 spiro atoms. The van der Waals surface area contributed by atoms with Gasteiger partial charge in [-0.15, -0.1) is 0 Å². The molecule has 0 atom stereocenters. The molecule has 0 saturated carbocycles. The number of likely N-dealkylation sites (N-methyl/N-ethyl adjacent to an activating group) is 1. The van der Waals surface area contributed by atoms with Gasteiger partial charge < -0.3 is 26.2 Å². The summed E-state index contributed by atoms with van der Waals surface area (Å²) in [4.78, 5) is 22.0. The summed E-state index contributed by atoms with van der Waals surface area (Å²) >= 11 is 6.79. The number of benzene rings is 3. The third kappa shape index (κ3) is 6.92. The highest BCUT2D eigenvalue weighted by atomic mass is 35.5. The standard InChI is InChI=1S/C30H37ClN6O/c1-21-17-23(12-13-27(21)37-15-6-11-28(37)33-14-16-36(2)3)25-9-5-10-26(30(25)31)35-29(38)20-34-24-8-4-7-22(18-24)19-32/h4-5,7-10,12-13,17-18,34H,6,11,14-16,19-20,32H2,1-3H3,(H,35,38). The van der Waals surface area contributed by atoms with Gasteiger partial charge >= 0.3 is 0 Å². The number of rotatable bonds is 10. The van der Waals surface area contributed by atoms with E-state index in [0.29, 0.717) is 17.3 Å². The number of nitrogens with one attached hydrogen (secondary N) is 2. The Kier molecular flexibility index (Phi) is 9.39. The van der Waals surface area contributed by atoms with Gasteiger partial charge in [-0.25, -0.2) is 0 Å². The predicted molar refractivity (Wildman–Crippen MR) is 161 cm³/mol. The van der Waals surface area contributed by atoms with Gasteiger partial charge in [0.2, 0.25) is 5.91 Å². The second-order valence-electron chi connectivity index (χ2n) is 9.83. The molecule has 1 heterocycles. The Morgan fingerprint density at radius 1 is 1.13 bits per heavy atom. The van der Waals surface area contributed by atoms with Crippen molar-refractivity contribution in [3.8, 4) is 11.1 Å². The van der Waals surface area contributed by atoms with Crippen LogP contribution in [0.2, 0.25) is 5.02 Å².